The van der Waals surface area contributed by atoms with Gasteiger partial charge in [0, 0.05) is 22.0 Å². The smallest absolute Gasteiger partial charge is 0.238 e. The number of hydrogen-bond donors (Lipinski definition) is 2. The molecule has 2 aromatic carbocycles. The number of hydrogen-bond acceptors (Lipinski definition) is 3. The summed E-state index contributed by atoms with van der Waals surface area (Å²) in [6.45, 7) is 0. The van der Waals surface area contributed by atoms with Gasteiger partial charge in [-0.25, -0.2) is 0 Å². The lowest BCUT2D eigenvalue weighted by atomic mass is 10.2. The molecule has 2 aromatic rings. The van der Waals surface area contributed by atoms with Crippen LogP contribution in [-0.2, 0) is 9.59 Å². The molecule has 0 spiro atoms. The highest BCUT2D eigenvalue weighted by Crippen LogP contribution is 2.36. The van der Waals surface area contributed by atoms with Crippen LogP contribution in [0.5, 0.6) is 0 Å². The molecule has 0 saturated heterocycles. The molecule has 0 saturated carbocycles. The van der Waals surface area contributed by atoms with Crippen molar-refractivity contribution in [2.24, 2.45) is 0 Å². The van der Waals surface area contributed by atoms with Crippen molar-refractivity contribution in [2.45, 2.75) is 16.6 Å². The Hall–Kier alpha value is -1.98. The number of thioether (sulfide) groups is 1. The van der Waals surface area contributed by atoms with Gasteiger partial charge in [-0.05, 0) is 36.4 Å². The molecule has 0 aromatic heterocycles. The van der Waals surface area contributed by atoms with Crippen molar-refractivity contribution >= 4 is 46.6 Å². The molecule has 0 radical (unpaired) electrons. The van der Waals surface area contributed by atoms with Crippen LogP contribution in [0.25, 0.3) is 0 Å². The van der Waals surface area contributed by atoms with Crippen LogP contribution in [0, 0.1) is 0 Å². The van der Waals surface area contributed by atoms with Crippen LogP contribution in [0.15, 0.2) is 53.4 Å². The summed E-state index contributed by atoms with van der Waals surface area (Å²) in [4.78, 5) is 25.1. The number of para-hydroxylation sites is 1. The number of amides is 2. The highest BCUT2D eigenvalue weighted by atomic mass is 35.5. The van der Waals surface area contributed by atoms with Crippen molar-refractivity contribution in [3.8, 4) is 0 Å². The molecule has 0 aliphatic carbocycles. The Labute approximate surface area is 137 Å². The number of carbonyl (C=O) groups is 2. The number of fused-ring (bicyclic) bond motifs is 1. The number of halogens is 1. The number of rotatable bonds is 3. The summed E-state index contributed by atoms with van der Waals surface area (Å²) >= 11 is 7.21. The molecule has 1 heterocycles. The molecule has 112 valence electrons. The lowest BCUT2D eigenvalue weighted by molar-refractivity contribution is -0.120. The van der Waals surface area contributed by atoms with E-state index in [0.29, 0.717) is 10.7 Å². The molecule has 1 aliphatic heterocycles. The lowest BCUT2D eigenvalue weighted by Crippen LogP contribution is -2.32. The van der Waals surface area contributed by atoms with Gasteiger partial charge in [0.1, 0.15) is 0 Å². The molecule has 0 bridgehead atoms. The second-order valence-corrected chi connectivity index (χ2v) is 6.53. The van der Waals surface area contributed by atoms with Gasteiger partial charge < -0.3 is 10.6 Å². The van der Waals surface area contributed by atoms with Crippen molar-refractivity contribution in [1.82, 2.24) is 0 Å². The third-order valence-corrected chi connectivity index (χ3v) is 4.73. The van der Waals surface area contributed by atoms with Gasteiger partial charge in [0.15, 0.2) is 0 Å². The first-order valence-corrected chi connectivity index (χ1v) is 7.99. The second kappa shape index (κ2) is 6.42. The van der Waals surface area contributed by atoms with E-state index in [1.807, 2.05) is 24.3 Å². The largest absolute Gasteiger partial charge is 0.326 e. The van der Waals surface area contributed by atoms with E-state index in [-0.39, 0.29) is 18.2 Å². The Morgan fingerprint density at radius 1 is 1.18 bits per heavy atom. The molecular formula is C16H13ClN2O2S. The van der Waals surface area contributed by atoms with Gasteiger partial charge in [0.2, 0.25) is 11.8 Å². The van der Waals surface area contributed by atoms with E-state index < -0.39 is 5.25 Å². The number of carbonyl (C=O) groups excluding carboxylic acids is 2. The normalized spacial score (nSPS) is 16.6. The Balaban J connectivity index is 1.64. The van der Waals surface area contributed by atoms with E-state index >= 15 is 0 Å². The van der Waals surface area contributed by atoms with E-state index in [1.165, 1.54) is 11.8 Å². The van der Waals surface area contributed by atoms with Gasteiger partial charge in [-0.15, -0.1) is 11.8 Å². The minimum Gasteiger partial charge on any atom is -0.326 e. The minimum absolute atomic E-state index is 0.119. The maximum absolute atomic E-state index is 12.1. The summed E-state index contributed by atoms with van der Waals surface area (Å²) in [5.74, 6) is -0.343. The van der Waals surface area contributed by atoms with Crippen molar-refractivity contribution in [3.63, 3.8) is 0 Å². The van der Waals surface area contributed by atoms with E-state index in [4.69, 9.17) is 11.6 Å². The molecule has 22 heavy (non-hydrogen) atoms. The van der Waals surface area contributed by atoms with Crippen molar-refractivity contribution in [2.75, 3.05) is 10.6 Å². The predicted octanol–water partition coefficient (Wildman–Crippen LogP) is 3.78. The van der Waals surface area contributed by atoms with Crippen LogP contribution in [-0.4, -0.2) is 17.1 Å². The fourth-order valence-electron chi connectivity index (χ4n) is 2.14. The molecule has 3 rings (SSSR count). The molecule has 6 heteroatoms. The summed E-state index contributed by atoms with van der Waals surface area (Å²) in [7, 11) is 0. The van der Waals surface area contributed by atoms with Crippen LogP contribution < -0.4 is 10.6 Å². The van der Waals surface area contributed by atoms with Crippen molar-refractivity contribution < 1.29 is 9.59 Å². The maximum Gasteiger partial charge on any atom is 0.238 e. The summed E-state index contributed by atoms with van der Waals surface area (Å²) in [6.07, 6.45) is 0.119. The third kappa shape index (κ3) is 3.43. The number of anilines is 2. The quantitative estimate of drug-likeness (QED) is 0.899. The standard InChI is InChI=1S/C16H13ClN2O2S/c17-10-5-7-11(8-6-10)18-15(20)9-14-16(21)19-12-3-1-2-4-13(12)22-14/h1-8,14H,9H2,(H,18,20)(H,19,21)/t14-/m0/s1. The monoisotopic (exact) mass is 332 g/mol. The number of benzene rings is 2. The molecule has 1 atom stereocenters. The van der Waals surface area contributed by atoms with Crippen LogP contribution >= 0.6 is 23.4 Å². The van der Waals surface area contributed by atoms with Crippen LogP contribution in [0.4, 0.5) is 11.4 Å². The van der Waals surface area contributed by atoms with Crippen LogP contribution in [0.3, 0.4) is 0 Å². The van der Waals surface area contributed by atoms with Gasteiger partial charge in [0.05, 0.1) is 10.9 Å². The first kappa shape index (κ1) is 14.9. The Kier molecular flexibility index (Phi) is 4.36. The molecule has 4 nitrogen and oxygen atoms in total. The van der Waals surface area contributed by atoms with E-state index in [0.717, 1.165) is 10.6 Å². The summed E-state index contributed by atoms with van der Waals surface area (Å²) in [5.41, 5.74) is 1.46. The topological polar surface area (TPSA) is 58.2 Å². The zero-order chi connectivity index (χ0) is 15.5. The van der Waals surface area contributed by atoms with Gasteiger partial charge in [-0.3, -0.25) is 9.59 Å². The summed E-state index contributed by atoms with van der Waals surface area (Å²) in [5, 5.41) is 5.78. The second-order valence-electron chi connectivity index (χ2n) is 4.85. The Bertz CT molecular complexity index is 718. The SMILES string of the molecule is O=C(C[C@@H]1Sc2ccccc2NC1=O)Nc1ccc(Cl)cc1. The molecule has 1 aliphatic rings. The fourth-order valence-corrected chi connectivity index (χ4v) is 3.38. The molecule has 0 fully saturated rings. The fraction of sp³-hybridized carbons (Fsp3) is 0.125. The summed E-state index contributed by atoms with van der Waals surface area (Å²) in [6, 6.07) is 14.4. The maximum atomic E-state index is 12.1. The zero-order valence-corrected chi connectivity index (χ0v) is 13.1. The molecule has 0 unspecified atom stereocenters. The number of nitrogens with one attached hydrogen (secondary N) is 2. The zero-order valence-electron chi connectivity index (χ0n) is 11.5. The van der Waals surface area contributed by atoms with Gasteiger partial charge in [-0.1, -0.05) is 23.7 Å². The minimum atomic E-state index is -0.429. The average Bonchev–Trinajstić information content (AvgIpc) is 2.50. The van der Waals surface area contributed by atoms with E-state index in [9.17, 15) is 9.59 Å². The third-order valence-electron chi connectivity index (χ3n) is 3.21. The summed E-state index contributed by atoms with van der Waals surface area (Å²) < 4.78 is 0. The average molecular weight is 333 g/mol. The lowest BCUT2D eigenvalue weighted by Gasteiger charge is -2.23. The van der Waals surface area contributed by atoms with Crippen molar-refractivity contribution in [3.05, 3.63) is 53.6 Å². The molecule has 2 N–H and O–H groups in total. The van der Waals surface area contributed by atoms with Crippen molar-refractivity contribution in [1.29, 1.82) is 0 Å². The predicted molar refractivity (Wildman–Crippen MR) is 89.4 cm³/mol. The van der Waals surface area contributed by atoms with Gasteiger partial charge >= 0.3 is 0 Å². The van der Waals surface area contributed by atoms with E-state index in [2.05, 4.69) is 10.6 Å². The molecule has 2 amide bonds. The highest BCUT2D eigenvalue weighted by Gasteiger charge is 2.28. The Morgan fingerprint density at radius 3 is 2.68 bits per heavy atom. The Morgan fingerprint density at radius 2 is 1.91 bits per heavy atom. The van der Waals surface area contributed by atoms with Crippen LogP contribution in [0.2, 0.25) is 5.02 Å². The van der Waals surface area contributed by atoms with E-state index in [1.54, 1.807) is 24.3 Å². The molecular weight excluding hydrogens is 320 g/mol. The van der Waals surface area contributed by atoms with Gasteiger partial charge in [-0.2, -0.15) is 0 Å². The first-order valence-electron chi connectivity index (χ1n) is 6.74. The first-order chi connectivity index (χ1) is 10.6. The van der Waals surface area contributed by atoms with Gasteiger partial charge in [0.25, 0.3) is 0 Å². The highest BCUT2D eigenvalue weighted by molar-refractivity contribution is 8.01. The van der Waals surface area contributed by atoms with Crippen LogP contribution in [0.1, 0.15) is 6.42 Å².